The van der Waals surface area contributed by atoms with E-state index in [2.05, 4.69) is 15.5 Å². The molecule has 0 bridgehead atoms. The maximum Gasteiger partial charge on any atom is 0.413 e. The Balaban J connectivity index is 3.16. The van der Waals surface area contributed by atoms with Crippen LogP contribution in [0.2, 0.25) is 0 Å². The molecule has 0 aliphatic carbocycles. The maximum absolute atomic E-state index is 12.6. The number of nitrogens with zero attached hydrogens (tertiary/aromatic N) is 4. The fraction of sp³-hybridized carbons (Fsp3) is 0.833. The molecule has 0 unspecified atom stereocenters. The molecule has 0 aliphatic heterocycles. The van der Waals surface area contributed by atoms with Gasteiger partial charge in [0.2, 0.25) is 0 Å². The van der Waals surface area contributed by atoms with Crippen molar-refractivity contribution >= 4 is 0 Å². The van der Waals surface area contributed by atoms with Gasteiger partial charge in [-0.3, -0.25) is 0 Å². The number of rotatable bonds is 2. The Kier molecular flexibility index (Phi) is 2.49. The van der Waals surface area contributed by atoms with Gasteiger partial charge in [0.05, 0.1) is 6.54 Å². The molecule has 0 atom stereocenters. The minimum Gasteiger partial charge on any atom is -0.324 e. The summed E-state index contributed by atoms with van der Waals surface area (Å²) < 4.78 is 38.4. The van der Waals surface area contributed by atoms with Gasteiger partial charge in [0.15, 0.2) is 11.4 Å². The first kappa shape index (κ1) is 10.9. The van der Waals surface area contributed by atoms with E-state index in [1.165, 1.54) is 0 Å². The minimum atomic E-state index is -4.42. The highest BCUT2D eigenvalue weighted by atomic mass is 19.4. The van der Waals surface area contributed by atoms with E-state index < -0.39 is 11.7 Å². The normalized spacial score (nSPS) is 13.3. The summed E-state index contributed by atoms with van der Waals surface area (Å²) in [7, 11) is 0. The van der Waals surface area contributed by atoms with Gasteiger partial charge < -0.3 is 5.73 Å². The van der Waals surface area contributed by atoms with Gasteiger partial charge in [-0.05, 0) is 24.3 Å². The zero-order valence-electron chi connectivity index (χ0n) is 7.71. The van der Waals surface area contributed by atoms with Crippen molar-refractivity contribution < 1.29 is 13.2 Å². The number of tetrazole rings is 1. The van der Waals surface area contributed by atoms with E-state index >= 15 is 0 Å². The monoisotopic (exact) mass is 209 g/mol. The van der Waals surface area contributed by atoms with Crippen molar-refractivity contribution in [1.82, 2.24) is 20.2 Å². The molecule has 0 aromatic carbocycles. The number of alkyl halides is 3. The van der Waals surface area contributed by atoms with Crippen LogP contribution in [0.3, 0.4) is 0 Å². The highest BCUT2D eigenvalue weighted by Gasteiger charge is 2.50. The third-order valence-corrected chi connectivity index (χ3v) is 1.94. The largest absolute Gasteiger partial charge is 0.413 e. The highest BCUT2D eigenvalue weighted by molar-refractivity contribution is 4.91. The third-order valence-electron chi connectivity index (χ3n) is 1.94. The lowest BCUT2D eigenvalue weighted by atomic mass is 10.1. The fourth-order valence-corrected chi connectivity index (χ4v) is 0.887. The molecule has 8 heteroatoms. The summed E-state index contributed by atoms with van der Waals surface area (Å²) in [5, 5.41) is 9.83. The van der Waals surface area contributed by atoms with Crippen LogP contribution >= 0.6 is 0 Å². The number of hydrogen-bond donors (Lipinski definition) is 1. The van der Waals surface area contributed by atoms with Gasteiger partial charge in [0, 0.05) is 0 Å². The van der Waals surface area contributed by atoms with E-state index in [-0.39, 0.29) is 12.4 Å². The van der Waals surface area contributed by atoms with Crippen LogP contribution in [0.5, 0.6) is 0 Å². The Hall–Kier alpha value is -1.18. The predicted octanol–water partition coefficient (Wildman–Crippen LogP) is 0.429. The van der Waals surface area contributed by atoms with E-state index in [9.17, 15) is 13.2 Å². The molecule has 1 aromatic rings. The molecule has 2 N–H and O–H groups in total. The summed E-state index contributed by atoms with van der Waals surface area (Å²) in [5.74, 6) is 0.00678. The smallest absolute Gasteiger partial charge is 0.324 e. The van der Waals surface area contributed by atoms with Crippen LogP contribution in [0.15, 0.2) is 0 Å². The molecular formula is C6H10F3N5. The first-order valence-corrected chi connectivity index (χ1v) is 3.85. The topological polar surface area (TPSA) is 69.6 Å². The lowest BCUT2D eigenvalue weighted by molar-refractivity contribution is -0.206. The average molecular weight is 209 g/mol. The molecule has 0 aliphatic rings. The van der Waals surface area contributed by atoms with Gasteiger partial charge in [-0.15, -0.1) is 5.10 Å². The van der Waals surface area contributed by atoms with Crippen LogP contribution in [-0.4, -0.2) is 26.4 Å². The van der Waals surface area contributed by atoms with Crippen molar-refractivity contribution in [1.29, 1.82) is 0 Å². The second-order valence-electron chi connectivity index (χ2n) is 3.27. The van der Waals surface area contributed by atoms with Crippen LogP contribution < -0.4 is 5.73 Å². The maximum atomic E-state index is 12.6. The first-order chi connectivity index (χ1) is 6.30. The summed E-state index contributed by atoms with van der Waals surface area (Å²) in [4.78, 5) is 0. The Labute approximate surface area is 78.1 Å². The Morgan fingerprint density at radius 2 is 1.93 bits per heavy atom. The number of hydrogen-bond acceptors (Lipinski definition) is 4. The van der Waals surface area contributed by atoms with Crippen molar-refractivity contribution in [2.45, 2.75) is 32.1 Å². The first-order valence-electron chi connectivity index (χ1n) is 3.85. The van der Waals surface area contributed by atoms with Gasteiger partial charge in [-0.1, -0.05) is 0 Å². The number of aromatic nitrogens is 4. The van der Waals surface area contributed by atoms with Crippen molar-refractivity contribution in [2.75, 3.05) is 0 Å². The Morgan fingerprint density at radius 1 is 1.36 bits per heavy atom. The highest BCUT2D eigenvalue weighted by Crippen LogP contribution is 2.35. The van der Waals surface area contributed by atoms with Gasteiger partial charge in [-0.2, -0.15) is 13.2 Å². The molecule has 5 nitrogen and oxygen atoms in total. The molecule has 0 fully saturated rings. The van der Waals surface area contributed by atoms with Crippen LogP contribution in [0.4, 0.5) is 13.2 Å². The zero-order chi connectivity index (χ0) is 11.0. The standard InChI is InChI=1S/C6H10F3N5/c1-5(2,6(7,8)9)14-4(3-10)11-12-13-14/h3,10H2,1-2H3. The molecule has 80 valence electrons. The van der Waals surface area contributed by atoms with Gasteiger partial charge in [0.1, 0.15) is 0 Å². The van der Waals surface area contributed by atoms with Gasteiger partial charge in [0.25, 0.3) is 0 Å². The van der Waals surface area contributed by atoms with Gasteiger partial charge in [-0.25, -0.2) is 4.68 Å². The summed E-state index contributed by atoms with van der Waals surface area (Å²) >= 11 is 0. The van der Waals surface area contributed by atoms with E-state index in [0.29, 0.717) is 4.68 Å². The summed E-state index contributed by atoms with van der Waals surface area (Å²) in [6.45, 7) is 1.84. The van der Waals surface area contributed by atoms with Crippen LogP contribution in [0.25, 0.3) is 0 Å². The molecular weight excluding hydrogens is 199 g/mol. The van der Waals surface area contributed by atoms with Crippen molar-refractivity contribution in [2.24, 2.45) is 5.73 Å². The SMILES string of the molecule is CC(C)(n1nnnc1CN)C(F)(F)F. The molecule has 0 saturated carbocycles. The molecule has 0 radical (unpaired) electrons. The second-order valence-corrected chi connectivity index (χ2v) is 3.27. The Bertz CT molecular complexity index is 316. The minimum absolute atomic E-state index is 0.00678. The second kappa shape index (κ2) is 3.19. The molecule has 14 heavy (non-hydrogen) atoms. The van der Waals surface area contributed by atoms with Crippen LogP contribution in [0.1, 0.15) is 19.7 Å². The molecule has 0 spiro atoms. The summed E-state index contributed by atoms with van der Waals surface area (Å²) in [6, 6.07) is 0. The molecule has 1 heterocycles. The van der Waals surface area contributed by atoms with Gasteiger partial charge >= 0.3 is 6.18 Å². The van der Waals surface area contributed by atoms with E-state index in [0.717, 1.165) is 13.8 Å². The lowest BCUT2D eigenvalue weighted by Crippen LogP contribution is -2.44. The average Bonchev–Trinajstić information content (AvgIpc) is 2.49. The van der Waals surface area contributed by atoms with Crippen molar-refractivity contribution in [3.8, 4) is 0 Å². The summed E-state index contributed by atoms with van der Waals surface area (Å²) in [5.41, 5.74) is 3.06. The molecule has 1 aromatic heterocycles. The van der Waals surface area contributed by atoms with Crippen LogP contribution in [-0.2, 0) is 12.1 Å². The van der Waals surface area contributed by atoms with Crippen LogP contribution in [0, 0.1) is 0 Å². The van der Waals surface area contributed by atoms with E-state index in [1.807, 2.05) is 0 Å². The van der Waals surface area contributed by atoms with E-state index in [4.69, 9.17) is 5.73 Å². The lowest BCUT2D eigenvalue weighted by Gasteiger charge is -2.27. The van der Waals surface area contributed by atoms with E-state index in [1.54, 1.807) is 0 Å². The molecule has 0 saturated heterocycles. The quantitative estimate of drug-likeness (QED) is 0.766. The molecule has 1 rings (SSSR count). The van der Waals surface area contributed by atoms with Crippen molar-refractivity contribution in [3.05, 3.63) is 5.82 Å². The third kappa shape index (κ3) is 1.57. The fourth-order valence-electron chi connectivity index (χ4n) is 0.887. The number of halogens is 3. The summed E-state index contributed by atoms with van der Waals surface area (Å²) in [6.07, 6.45) is -4.42. The number of nitrogens with two attached hydrogens (primary N) is 1. The van der Waals surface area contributed by atoms with Crippen molar-refractivity contribution in [3.63, 3.8) is 0 Å². The zero-order valence-corrected chi connectivity index (χ0v) is 7.71. The Morgan fingerprint density at radius 3 is 2.36 bits per heavy atom. The molecule has 0 amide bonds. The predicted molar refractivity (Wildman–Crippen MR) is 41.1 cm³/mol.